The summed E-state index contributed by atoms with van der Waals surface area (Å²) < 4.78 is 0. The van der Waals surface area contributed by atoms with E-state index in [-0.39, 0.29) is 12.6 Å². The Labute approximate surface area is 101 Å². The summed E-state index contributed by atoms with van der Waals surface area (Å²) in [5.74, 6) is 1.18. The van der Waals surface area contributed by atoms with Crippen molar-refractivity contribution in [3.63, 3.8) is 0 Å². The number of rotatable bonds is 4. The van der Waals surface area contributed by atoms with E-state index in [0.29, 0.717) is 0 Å². The molecule has 0 saturated carbocycles. The van der Waals surface area contributed by atoms with Crippen molar-refractivity contribution in [3.05, 3.63) is 35.9 Å². The first-order chi connectivity index (χ1) is 7.76. The molecule has 0 radical (unpaired) electrons. The van der Waals surface area contributed by atoms with Crippen molar-refractivity contribution in [3.8, 4) is 0 Å². The normalized spacial score (nSPS) is 15.9. The van der Waals surface area contributed by atoms with Crippen molar-refractivity contribution in [1.29, 1.82) is 0 Å². The highest BCUT2D eigenvalue weighted by atomic mass is 32.2. The minimum Gasteiger partial charge on any atom is -0.394 e. The summed E-state index contributed by atoms with van der Waals surface area (Å²) in [7, 11) is 1.84. The van der Waals surface area contributed by atoms with Gasteiger partial charge in [0.15, 0.2) is 0 Å². The van der Waals surface area contributed by atoms with Crippen LogP contribution in [-0.2, 0) is 6.42 Å². The molecule has 3 heteroatoms. The molecule has 2 N–H and O–H groups in total. The van der Waals surface area contributed by atoms with Gasteiger partial charge in [-0.3, -0.25) is 0 Å². The molecule has 1 aliphatic rings. The van der Waals surface area contributed by atoms with Crippen LogP contribution in [0.4, 0.5) is 0 Å². The summed E-state index contributed by atoms with van der Waals surface area (Å²) in [6.07, 6.45) is 1.17. The van der Waals surface area contributed by atoms with Gasteiger partial charge in [0.05, 0.1) is 12.6 Å². The summed E-state index contributed by atoms with van der Waals surface area (Å²) in [5, 5.41) is 12.3. The number of hydrogen-bond donors (Lipinski definition) is 2. The van der Waals surface area contributed by atoms with Gasteiger partial charge in [-0.05, 0) is 36.2 Å². The van der Waals surface area contributed by atoms with E-state index in [2.05, 4.69) is 30.1 Å². The number of benzene rings is 1. The van der Waals surface area contributed by atoms with E-state index in [1.54, 1.807) is 0 Å². The number of aliphatic hydroxyl groups is 1. The largest absolute Gasteiger partial charge is 0.394 e. The molecule has 0 aliphatic carbocycles. The first-order valence-corrected chi connectivity index (χ1v) is 6.48. The first-order valence-electron chi connectivity index (χ1n) is 5.49. The number of aliphatic hydroxyl groups excluding tert-OH is 1. The van der Waals surface area contributed by atoms with Gasteiger partial charge < -0.3 is 10.4 Å². The quantitative estimate of drug-likeness (QED) is 0.836. The Morgan fingerprint density at radius 2 is 2.44 bits per heavy atom. The Balaban J connectivity index is 2.24. The molecule has 0 aromatic heterocycles. The summed E-state index contributed by atoms with van der Waals surface area (Å²) in [4.78, 5) is 1.37. The van der Waals surface area contributed by atoms with Crippen LogP contribution < -0.4 is 5.32 Å². The second-order valence-corrected chi connectivity index (χ2v) is 5.11. The van der Waals surface area contributed by atoms with Crippen molar-refractivity contribution >= 4 is 17.3 Å². The number of fused-ring (bicyclic) bond motifs is 1. The summed E-state index contributed by atoms with van der Waals surface area (Å²) in [6.45, 7) is 4.14. The van der Waals surface area contributed by atoms with E-state index >= 15 is 0 Å². The third-order valence-corrected chi connectivity index (χ3v) is 4.12. The van der Waals surface area contributed by atoms with Crippen LogP contribution in [0.25, 0.3) is 5.57 Å². The molecular weight excluding hydrogens is 218 g/mol. The minimum atomic E-state index is -0.0514. The number of likely N-dealkylation sites (N-methyl/N-ethyl adjacent to an activating group) is 1. The third-order valence-electron chi connectivity index (χ3n) is 3.02. The zero-order valence-electron chi connectivity index (χ0n) is 9.49. The lowest BCUT2D eigenvalue weighted by Crippen LogP contribution is -2.29. The standard InChI is InChI=1S/C13H17NOS/c1-9(12(8-15)14-2)11-4-3-10-5-6-16-13(10)7-11/h3-4,7,12,14-15H,1,5-6,8H2,2H3. The minimum absolute atomic E-state index is 0.0514. The van der Waals surface area contributed by atoms with E-state index in [1.807, 2.05) is 18.8 Å². The predicted molar refractivity (Wildman–Crippen MR) is 69.8 cm³/mol. The molecule has 1 aliphatic heterocycles. The van der Waals surface area contributed by atoms with Crippen LogP contribution in [-0.4, -0.2) is 30.6 Å². The molecule has 0 spiro atoms. The van der Waals surface area contributed by atoms with Gasteiger partial charge in [-0.25, -0.2) is 0 Å². The zero-order valence-corrected chi connectivity index (χ0v) is 10.3. The summed E-state index contributed by atoms with van der Waals surface area (Å²) >= 11 is 1.90. The monoisotopic (exact) mass is 235 g/mol. The van der Waals surface area contributed by atoms with Crippen LogP contribution in [0.15, 0.2) is 29.7 Å². The topological polar surface area (TPSA) is 32.3 Å². The molecule has 86 valence electrons. The third kappa shape index (κ3) is 2.17. The maximum Gasteiger partial charge on any atom is 0.0626 e. The highest BCUT2D eigenvalue weighted by Crippen LogP contribution is 2.33. The maximum absolute atomic E-state index is 9.22. The fraction of sp³-hybridized carbons (Fsp3) is 0.385. The average molecular weight is 235 g/mol. The van der Waals surface area contributed by atoms with Crippen molar-refractivity contribution in [1.82, 2.24) is 5.32 Å². The summed E-state index contributed by atoms with van der Waals surface area (Å²) in [6, 6.07) is 6.42. The van der Waals surface area contributed by atoms with Gasteiger partial charge in [0.25, 0.3) is 0 Å². The molecular formula is C13H17NOS. The maximum atomic E-state index is 9.22. The van der Waals surface area contributed by atoms with E-state index in [4.69, 9.17) is 0 Å². The van der Waals surface area contributed by atoms with Gasteiger partial charge in [0.1, 0.15) is 0 Å². The van der Waals surface area contributed by atoms with Gasteiger partial charge in [-0.2, -0.15) is 0 Å². The fourth-order valence-corrected chi connectivity index (χ4v) is 3.05. The second-order valence-electron chi connectivity index (χ2n) is 3.97. The van der Waals surface area contributed by atoms with Crippen LogP contribution in [0.2, 0.25) is 0 Å². The van der Waals surface area contributed by atoms with Crippen LogP contribution in [0.1, 0.15) is 11.1 Å². The van der Waals surface area contributed by atoms with Gasteiger partial charge in [0.2, 0.25) is 0 Å². The van der Waals surface area contributed by atoms with Gasteiger partial charge in [0, 0.05) is 10.6 Å². The van der Waals surface area contributed by atoms with Crippen LogP contribution in [0.5, 0.6) is 0 Å². The van der Waals surface area contributed by atoms with E-state index in [0.717, 1.165) is 11.1 Å². The highest BCUT2D eigenvalue weighted by molar-refractivity contribution is 7.99. The van der Waals surface area contributed by atoms with Crippen LogP contribution >= 0.6 is 11.8 Å². The number of thioether (sulfide) groups is 1. The predicted octanol–water partition coefficient (Wildman–Crippen LogP) is 1.93. The lowest BCUT2D eigenvalue weighted by atomic mass is 9.99. The Morgan fingerprint density at radius 3 is 3.12 bits per heavy atom. The molecule has 1 unspecified atom stereocenters. The van der Waals surface area contributed by atoms with Gasteiger partial charge in [-0.1, -0.05) is 18.7 Å². The molecule has 1 atom stereocenters. The number of nitrogens with one attached hydrogen (secondary N) is 1. The number of hydrogen-bond acceptors (Lipinski definition) is 3. The molecule has 2 rings (SSSR count). The molecule has 0 saturated heterocycles. The molecule has 16 heavy (non-hydrogen) atoms. The molecule has 1 heterocycles. The highest BCUT2D eigenvalue weighted by Gasteiger charge is 2.15. The van der Waals surface area contributed by atoms with Crippen LogP contribution in [0.3, 0.4) is 0 Å². The van der Waals surface area contributed by atoms with Crippen molar-refractivity contribution in [2.75, 3.05) is 19.4 Å². The SMILES string of the molecule is C=C(c1ccc2c(c1)SCC2)C(CO)NC. The second kappa shape index (κ2) is 5.04. The van der Waals surface area contributed by atoms with Gasteiger partial charge >= 0.3 is 0 Å². The summed E-state index contributed by atoms with van der Waals surface area (Å²) in [5.41, 5.74) is 3.52. The Hall–Kier alpha value is -0.770. The smallest absolute Gasteiger partial charge is 0.0626 e. The molecule has 0 amide bonds. The lowest BCUT2D eigenvalue weighted by molar-refractivity contribution is 0.273. The van der Waals surface area contributed by atoms with Crippen LogP contribution in [0, 0.1) is 0 Å². The van der Waals surface area contributed by atoms with E-state index in [1.165, 1.54) is 22.6 Å². The molecule has 1 aromatic carbocycles. The van der Waals surface area contributed by atoms with Crippen molar-refractivity contribution < 1.29 is 5.11 Å². The first kappa shape index (κ1) is 11.7. The fourth-order valence-electron chi connectivity index (χ4n) is 1.94. The lowest BCUT2D eigenvalue weighted by Gasteiger charge is -2.17. The van der Waals surface area contributed by atoms with Crippen molar-refractivity contribution in [2.45, 2.75) is 17.4 Å². The Kier molecular flexibility index (Phi) is 3.69. The molecule has 0 fully saturated rings. The number of aryl methyl sites for hydroxylation is 1. The Bertz CT molecular complexity index is 399. The van der Waals surface area contributed by atoms with E-state index < -0.39 is 0 Å². The average Bonchev–Trinajstić information content (AvgIpc) is 2.77. The zero-order chi connectivity index (χ0) is 11.5. The molecule has 2 nitrogen and oxygen atoms in total. The molecule has 1 aromatic rings. The Morgan fingerprint density at radius 1 is 1.62 bits per heavy atom. The van der Waals surface area contributed by atoms with Crippen molar-refractivity contribution in [2.24, 2.45) is 0 Å². The van der Waals surface area contributed by atoms with Gasteiger partial charge in [-0.15, -0.1) is 11.8 Å². The molecule has 0 bridgehead atoms. The van der Waals surface area contributed by atoms with E-state index in [9.17, 15) is 5.11 Å².